The van der Waals surface area contributed by atoms with Gasteiger partial charge in [0.1, 0.15) is 11.4 Å². The second-order valence-corrected chi connectivity index (χ2v) is 7.84. The van der Waals surface area contributed by atoms with Crippen molar-refractivity contribution in [3.8, 4) is 0 Å². The lowest BCUT2D eigenvalue weighted by Gasteiger charge is -2.38. The maximum atomic E-state index is 13.5. The van der Waals surface area contributed by atoms with Gasteiger partial charge in [-0.3, -0.25) is 9.69 Å². The van der Waals surface area contributed by atoms with Crippen molar-refractivity contribution in [1.82, 2.24) is 15.5 Å². The number of urea groups is 1. The first-order chi connectivity index (χ1) is 12.6. The zero-order valence-electron chi connectivity index (χ0n) is 15.0. The first-order valence-corrected chi connectivity index (χ1v) is 9.71. The van der Waals surface area contributed by atoms with Crippen molar-refractivity contribution >= 4 is 11.9 Å². The van der Waals surface area contributed by atoms with Crippen LogP contribution in [0.25, 0.3) is 0 Å². The quantitative estimate of drug-likeness (QED) is 0.813. The molecule has 0 unspecified atom stereocenters. The lowest BCUT2D eigenvalue weighted by Crippen LogP contribution is -2.57. The average molecular weight is 359 g/mol. The minimum atomic E-state index is -0.903. The van der Waals surface area contributed by atoms with E-state index in [4.69, 9.17) is 0 Å². The number of imide groups is 1. The van der Waals surface area contributed by atoms with Gasteiger partial charge in [0.25, 0.3) is 5.91 Å². The number of hydrogen-bond acceptors (Lipinski definition) is 3. The fourth-order valence-electron chi connectivity index (χ4n) is 4.89. The predicted molar refractivity (Wildman–Crippen MR) is 96.1 cm³/mol. The molecule has 2 aliphatic heterocycles. The molecule has 2 saturated heterocycles. The number of carbonyl (C=O) groups excluding carboxylic acids is 2. The molecule has 0 bridgehead atoms. The Morgan fingerprint density at radius 1 is 1.04 bits per heavy atom. The van der Waals surface area contributed by atoms with E-state index in [-0.39, 0.29) is 29.7 Å². The number of carbonyl (C=O) groups is 2. The van der Waals surface area contributed by atoms with Crippen LogP contribution in [-0.4, -0.2) is 41.5 Å². The normalized spacial score (nSPS) is 28.0. The molecule has 140 valence electrons. The van der Waals surface area contributed by atoms with Gasteiger partial charge >= 0.3 is 6.03 Å². The van der Waals surface area contributed by atoms with Gasteiger partial charge in [-0.2, -0.15) is 0 Å². The molecule has 6 heteroatoms. The van der Waals surface area contributed by atoms with Crippen LogP contribution in [0.5, 0.6) is 0 Å². The molecular formula is C20H26FN3O2. The maximum absolute atomic E-state index is 13.5. The number of hydrogen-bond donors (Lipinski definition) is 2. The van der Waals surface area contributed by atoms with Crippen molar-refractivity contribution in [1.29, 1.82) is 0 Å². The minimum absolute atomic E-state index is 0.0271. The van der Waals surface area contributed by atoms with Crippen LogP contribution in [0.15, 0.2) is 24.3 Å². The van der Waals surface area contributed by atoms with E-state index in [0.29, 0.717) is 6.42 Å². The Morgan fingerprint density at radius 3 is 2.35 bits per heavy atom. The van der Waals surface area contributed by atoms with Gasteiger partial charge in [-0.1, -0.05) is 25.0 Å². The van der Waals surface area contributed by atoms with Crippen LogP contribution >= 0.6 is 0 Å². The van der Waals surface area contributed by atoms with Crippen LogP contribution in [0.3, 0.4) is 0 Å². The number of benzene rings is 1. The fraction of sp³-hybridized carbons (Fsp3) is 0.600. The monoisotopic (exact) mass is 359 g/mol. The van der Waals surface area contributed by atoms with Crippen molar-refractivity contribution in [2.75, 3.05) is 13.1 Å². The van der Waals surface area contributed by atoms with E-state index in [1.54, 1.807) is 12.1 Å². The number of amides is 3. The van der Waals surface area contributed by atoms with Gasteiger partial charge in [-0.15, -0.1) is 0 Å². The molecule has 1 aromatic rings. The summed E-state index contributed by atoms with van der Waals surface area (Å²) < 4.78 is 13.3. The Kier molecular flexibility index (Phi) is 4.69. The lowest BCUT2D eigenvalue weighted by molar-refractivity contribution is -0.135. The Hall–Kier alpha value is -1.95. The molecule has 0 aromatic heterocycles. The summed E-state index contributed by atoms with van der Waals surface area (Å²) in [6.07, 6.45) is 6.07. The first kappa shape index (κ1) is 17.5. The molecule has 5 nitrogen and oxygen atoms in total. The zero-order valence-corrected chi connectivity index (χ0v) is 15.0. The third-order valence-electron chi connectivity index (χ3n) is 6.27. The van der Waals surface area contributed by atoms with Gasteiger partial charge in [0.05, 0.1) is 0 Å². The molecule has 4 rings (SSSR count). The smallest absolute Gasteiger partial charge is 0.322 e. The number of halogens is 1. The highest BCUT2D eigenvalue weighted by Crippen LogP contribution is 2.38. The molecule has 1 aromatic carbocycles. The van der Waals surface area contributed by atoms with E-state index >= 15 is 0 Å². The second-order valence-electron chi connectivity index (χ2n) is 7.84. The molecule has 3 amide bonds. The van der Waals surface area contributed by atoms with Gasteiger partial charge < -0.3 is 10.6 Å². The molecule has 3 aliphatic rings. The zero-order chi connectivity index (χ0) is 18.1. The van der Waals surface area contributed by atoms with E-state index in [1.807, 2.05) is 0 Å². The van der Waals surface area contributed by atoms with Crippen LogP contribution in [0, 0.1) is 11.7 Å². The van der Waals surface area contributed by atoms with Crippen LogP contribution in [0.2, 0.25) is 0 Å². The summed E-state index contributed by atoms with van der Waals surface area (Å²) in [5.74, 6) is -0.277. The SMILES string of the molecule is O=C1N[C@@](Cc2ccc(F)cc2)(C2CCNCC2)C(=O)N1C1CCCC1. The van der Waals surface area contributed by atoms with Crippen molar-refractivity contribution in [2.45, 2.75) is 56.5 Å². The third-order valence-corrected chi connectivity index (χ3v) is 6.27. The lowest BCUT2D eigenvalue weighted by atomic mass is 9.74. The van der Waals surface area contributed by atoms with Crippen molar-refractivity contribution in [3.05, 3.63) is 35.6 Å². The van der Waals surface area contributed by atoms with Gasteiger partial charge in [-0.25, -0.2) is 9.18 Å². The molecule has 1 atom stereocenters. The minimum Gasteiger partial charge on any atom is -0.322 e. The largest absolute Gasteiger partial charge is 0.325 e. The van der Waals surface area contributed by atoms with E-state index in [0.717, 1.165) is 57.2 Å². The first-order valence-electron chi connectivity index (χ1n) is 9.71. The Morgan fingerprint density at radius 2 is 1.69 bits per heavy atom. The van der Waals surface area contributed by atoms with Crippen LogP contribution in [-0.2, 0) is 11.2 Å². The standard InChI is InChI=1S/C20H26FN3O2/c21-16-7-5-14(6-8-16)13-20(15-9-11-22-12-10-15)18(25)24(19(26)23-20)17-3-1-2-4-17/h5-8,15,17,22H,1-4,9-13H2,(H,23,26)/t20-/m0/s1. The van der Waals surface area contributed by atoms with Gasteiger partial charge in [-0.05, 0) is 62.4 Å². The van der Waals surface area contributed by atoms with Crippen LogP contribution in [0.1, 0.15) is 44.1 Å². The predicted octanol–water partition coefficient (Wildman–Crippen LogP) is 2.60. The Bertz CT molecular complexity index is 681. The summed E-state index contributed by atoms with van der Waals surface area (Å²) in [6, 6.07) is 6.05. The molecule has 2 heterocycles. The Balaban J connectivity index is 1.67. The van der Waals surface area contributed by atoms with Crippen LogP contribution < -0.4 is 10.6 Å². The van der Waals surface area contributed by atoms with Gasteiger partial charge in [0.2, 0.25) is 0 Å². The summed E-state index contributed by atoms with van der Waals surface area (Å²) in [7, 11) is 0. The summed E-state index contributed by atoms with van der Waals surface area (Å²) >= 11 is 0. The molecule has 1 aliphatic carbocycles. The van der Waals surface area contributed by atoms with E-state index in [9.17, 15) is 14.0 Å². The molecule has 1 saturated carbocycles. The average Bonchev–Trinajstić information content (AvgIpc) is 3.25. The summed E-state index contributed by atoms with van der Waals surface area (Å²) in [4.78, 5) is 27.8. The highest BCUT2D eigenvalue weighted by molar-refractivity contribution is 6.07. The number of nitrogens with one attached hydrogen (secondary N) is 2. The molecular weight excluding hydrogens is 333 g/mol. The molecule has 0 spiro atoms. The second kappa shape index (κ2) is 6.99. The third kappa shape index (κ3) is 3.00. The molecule has 2 N–H and O–H groups in total. The van der Waals surface area contributed by atoms with E-state index < -0.39 is 5.54 Å². The molecule has 26 heavy (non-hydrogen) atoms. The van der Waals surface area contributed by atoms with E-state index in [2.05, 4.69) is 10.6 Å². The van der Waals surface area contributed by atoms with Crippen LogP contribution in [0.4, 0.5) is 9.18 Å². The van der Waals surface area contributed by atoms with Gasteiger partial charge in [0, 0.05) is 12.5 Å². The number of piperidine rings is 1. The molecule has 0 radical (unpaired) electrons. The summed E-state index contributed by atoms with van der Waals surface area (Å²) in [5.41, 5.74) is -0.0218. The number of nitrogens with zero attached hydrogens (tertiary/aromatic N) is 1. The maximum Gasteiger partial charge on any atom is 0.325 e. The number of rotatable bonds is 4. The fourth-order valence-corrected chi connectivity index (χ4v) is 4.89. The highest BCUT2D eigenvalue weighted by Gasteiger charge is 2.57. The molecule has 3 fully saturated rings. The Labute approximate surface area is 153 Å². The van der Waals surface area contributed by atoms with Gasteiger partial charge in [0.15, 0.2) is 0 Å². The van der Waals surface area contributed by atoms with Crippen molar-refractivity contribution in [2.24, 2.45) is 5.92 Å². The highest BCUT2D eigenvalue weighted by atomic mass is 19.1. The summed E-state index contributed by atoms with van der Waals surface area (Å²) in [5, 5.41) is 6.42. The van der Waals surface area contributed by atoms with E-state index in [1.165, 1.54) is 17.0 Å². The topological polar surface area (TPSA) is 61.4 Å². The summed E-state index contributed by atoms with van der Waals surface area (Å²) in [6.45, 7) is 1.70. The van der Waals surface area contributed by atoms with Crippen molar-refractivity contribution < 1.29 is 14.0 Å². The van der Waals surface area contributed by atoms with Crippen molar-refractivity contribution in [3.63, 3.8) is 0 Å².